The van der Waals surface area contributed by atoms with Crippen molar-refractivity contribution < 1.29 is 14.4 Å². The Morgan fingerprint density at radius 1 is 0.963 bits per heavy atom. The number of hydrogen-bond acceptors (Lipinski definition) is 5. The molecule has 0 saturated heterocycles. The first-order valence-electron chi connectivity index (χ1n) is 8.07. The molecule has 0 unspecified atom stereocenters. The first kappa shape index (κ1) is 27.3. The summed E-state index contributed by atoms with van der Waals surface area (Å²) in [6.07, 6.45) is 0. The summed E-state index contributed by atoms with van der Waals surface area (Å²) < 4.78 is 0. The number of benzene rings is 1. The van der Waals surface area contributed by atoms with Crippen LogP contribution in [0.15, 0.2) is 24.3 Å². The second-order valence-corrected chi connectivity index (χ2v) is 6.40. The molecule has 0 saturated carbocycles. The number of nitrogens with zero attached hydrogens (tertiary/aromatic N) is 1. The van der Waals surface area contributed by atoms with E-state index >= 15 is 0 Å². The number of hydrogen-bond donors (Lipinski definition) is 4. The fraction of sp³-hybridized carbons (Fsp3) is 0.471. The van der Waals surface area contributed by atoms with Gasteiger partial charge in [0.05, 0.1) is 19.1 Å². The highest BCUT2D eigenvalue weighted by Crippen LogP contribution is 2.13. The Morgan fingerprint density at radius 2 is 1.41 bits per heavy atom. The summed E-state index contributed by atoms with van der Waals surface area (Å²) in [6, 6.07) is 6.08. The monoisotopic (exact) mass is 421 g/mol. The minimum Gasteiger partial charge on any atom is -0.346 e. The van der Waals surface area contributed by atoms with Crippen molar-refractivity contribution in [1.82, 2.24) is 10.2 Å². The van der Waals surface area contributed by atoms with Gasteiger partial charge < -0.3 is 26.6 Å². The number of likely N-dealkylation sites (N-methyl/N-ethyl adjacent to an activating group) is 1. The van der Waals surface area contributed by atoms with Gasteiger partial charge in [-0.2, -0.15) is 0 Å². The predicted octanol–water partition coefficient (Wildman–Crippen LogP) is 1.07. The number of nitrogens with two attached hydrogens (primary N) is 1. The fourth-order valence-electron chi connectivity index (χ4n) is 1.92. The fourth-order valence-corrected chi connectivity index (χ4v) is 1.92. The largest absolute Gasteiger partial charge is 0.346 e. The molecule has 10 heteroatoms. The highest BCUT2D eigenvalue weighted by Gasteiger charge is 2.17. The summed E-state index contributed by atoms with van der Waals surface area (Å²) in [5.41, 5.74) is 6.91. The van der Waals surface area contributed by atoms with Gasteiger partial charge in [-0.25, -0.2) is 0 Å². The van der Waals surface area contributed by atoms with Gasteiger partial charge in [-0.05, 0) is 44.3 Å². The van der Waals surface area contributed by atoms with Gasteiger partial charge in [-0.3, -0.25) is 14.4 Å². The molecule has 1 aromatic rings. The zero-order chi connectivity index (χ0) is 19.0. The van der Waals surface area contributed by atoms with E-state index in [1.807, 2.05) is 27.9 Å². The molecule has 1 rings (SSSR count). The summed E-state index contributed by atoms with van der Waals surface area (Å²) in [5, 5.41) is 7.92. The molecule has 0 aliphatic rings. The van der Waals surface area contributed by atoms with Gasteiger partial charge in [-0.15, -0.1) is 24.8 Å². The maximum absolute atomic E-state index is 11.9. The highest BCUT2D eigenvalue weighted by molar-refractivity contribution is 5.96. The quantitative estimate of drug-likeness (QED) is 0.500. The molecule has 27 heavy (non-hydrogen) atoms. The van der Waals surface area contributed by atoms with Gasteiger partial charge in [0, 0.05) is 11.4 Å². The summed E-state index contributed by atoms with van der Waals surface area (Å²) in [4.78, 5) is 37.0. The minimum atomic E-state index is -0.641. The van der Waals surface area contributed by atoms with Crippen LogP contribution < -0.4 is 21.7 Å². The number of halogens is 2. The van der Waals surface area contributed by atoms with Crippen LogP contribution in [-0.2, 0) is 14.4 Å². The van der Waals surface area contributed by atoms with E-state index in [1.54, 1.807) is 29.2 Å². The molecule has 5 N–H and O–H groups in total. The van der Waals surface area contributed by atoms with Crippen LogP contribution in [0.3, 0.4) is 0 Å². The average Bonchev–Trinajstić information content (AvgIpc) is 2.52. The number of anilines is 2. The molecule has 1 atom stereocenters. The third-order valence-corrected chi connectivity index (χ3v) is 3.36. The SMILES string of the molecule is CC(C)[C@H](N)C(=O)NCC(=O)Nc1ccc(NC(=O)CN(C)C)cc1.Cl.Cl. The van der Waals surface area contributed by atoms with E-state index in [0.717, 1.165) is 0 Å². The van der Waals surface area contributed by atoms with E-state index in [2.05, 4.69) is 16.0 Å². The number of carbonyl (C=O) groups is 3. The van der Waals surface area contributed by atoms with E-state index in [9.17, 15) is 14.4 Å². The summed E-state index contributed by atoms with van der Waals surface area (Å²) >= 11 is 0. The number of rotatable bonds is 8. The van der Waals surface area contributed by atoms with E-state index < -0.39 is 6.04 Å². The molecular formula is C17H29Cl2N5O3. The van der Waals surface area contributed by atoms with E-state index in [4.69, 9.17) is 5.73 Å². The van der Waals surface area contributed by atoms with Crippen LogP contribution in [0.1, 0.15) is 13.8 Å². The van der Waals surface area contributed by atoms with Gasteiger partial charge in [0.2, 0.25) is 17.7 Å². The Bertz CT molecular complexity index is 609. The van der Waals surface area contributed by atoms with Crippen molar-refractivity contribution in [2.24, 2.45) is 11.7 Å². The Balaban J connectivity index is 0. The molecule has 154 valence electrons. The lowest BCUT2D eigenvalue weighted by atomic mass is 10.1. The highest BCUT2D eigenvalue weighted by atomic mass is 35.5. The Kier molecular flexibility index (Phi) is 13.5. The summed E-state index contributed by atoms with van der Waals surface area (Å²) in [7, 11) is 3.62. The maximum atomic E-state index is 11.9. The maximum Gasteiger partial charge on any atom is 0.243 e. The third kappa shape index (κ3) is 10.8. The molecule has 8 nitrogen and oxygen atoms in total. The van der Waals surface area contributed by atoms with Gasteiger partial charge >= 0.3 is 0 Å². The van der Waals surface area contributed by atoms with Crippen molar-refractivity contribution in [3.63, 3.8) is 0 Å². The third-order valence-electron chi connectivity index (χ3n) is 3.36. The van der Waals surface area contributed by atoms with Crippen molar-refractivity contribution >= 4 is 53.9 Å². The van der Waals surface area contributed by atoms with E-state index in [-0.39, 0.29) is 61.5 Å². The summed E-state index contributed by atoms with van der Waals surface area (Å²) in [6.45, 7) is 3.81. The molecule has 0 aliphatic heterocycles. The van der Waals surface area contributed by atoms with Crippen LogP contribution in [0.5, 0.6) is 0 Å². The van der Waals surface area contributed by atoms with Gasteiger partial charge in [0.15, 0.2) is 0 Å². The topological polar surface area (TPSA) is 117 Å². The van der Waals surface area contributed by atoms with Crippen molar-refractivity contribution in [3.05, 3.63) is 24.3 Å². The lowest BCUT2D eigenvalue weighted by molar-refractivity contribution is -0.125. The van der Waals surface area contributed by atoms with Crippen LogP contribution in [0.4, 0.5) is 11.4 Å². The minimum absolute atomic E-state index is 0. The zero-order valence-electron chi connectivity index (χ0n) is 15.9. The van der Waals surface area contributed by atoms with Crippen LogP contribution >= 0.6 is 24.8 Å². The molecule has 1 aromatic carbocycles. The number of nitrogens with one attached hydrogen (secondary N) is 3. The molecule has 0 radical (unpaired) electrons. The lowest BCUT2D eigenvalue weighted by Crippen LogP contribution is -2.46. The number of amides is 3. The Hall–Kier alpha value is -1.87. The Labute approximate surface area is 172 Å². The standard InChI is InChI=1S/C17H27N5O3.2ClH/c1-11(2)16(18)17(25)19-9-14(23)20-12-5-7-13(8-6-12)21-15(24)10-22(3)4;;/h5-8,11,16H,9-10,18H2,1-4H3,(H,19,25)(H,20,23)(H,21,24);2*1H/t16-;;/m0../s1. The molecule has 0 heterocycles. The van der Waals surface area contributed by atoms with E-state index in [1.165, 1.54) is 0 Å². The molecule has 0 aromatic heterocycles. The van der Waals surface area contributed by atoms with Gasteiger partial charge in [-0.1, -0.05) is 13.8 Å². The predicted molar refractivity (Wildman–Crippen MR) is 113 cm³/mol. The van der Waals surface area contributed by atoms with Crippen molar-refractivity contribution in [1.29, 1.82) is 0 Å². The van der Waals surface area contributed by atoms with Crippen molar-refractivity contribution in [3.8, 4) is 0 Å². The molecular weight excluding hydrogens is 393 g/mol. The molecule has 0 aliphatic carbocycles. The lowest BCUT2D eigenvalue weighted by Gasteiger charge is -2.15. The van der Waals surface area contributed by atoms with Crippen molar-refractivity contribution in [2.45, 2.75) is 19.9 Å². The summed E-state index contributed by atoms with van der Waals surface area (Å²) in [5.74, 6) is -0.831. The molecule has 0 fully saturated rings. The van der Waals surface area contributed by atoms with Crippen LogP contribution in [-0.4, -0.2) is 55.8 Å². The van der Waals surface area contributed by atoms with Crippen LogP contribution in [0.25, 0.3) is 0 Å². The average molecular weight is 422 g/mol. The van der Waals surface area contributed by atoms with Crippen LogP contribution in [0.2, 0.25) is 0 Å². The van der Waals surface area contributed by atoms with E-state index in [0.29, 0.717) is 11.4 Å². The molecule has 3 amide bonds. The first-order chi connectivity index (χ1) is 11.7. The smallest absolute Gasteiger partial charge is 0.243 e. The molecule has 0 spiro atoms. The molecule has 0 bridgehead atoms. The second kappa shape index (κ2) is 13.3. The zero-order valence-corrected chi connectivity index (χ0v) is 17.6. The van der Waals surface area contributed by atoms with Crippen molar-refractivity contribution in [2.75, 3.05) is 37.8 Å². The normalized spacial score (nSPS) is 11.1. The van der Waals surface area contributed by atoms with Gasteiger partial charge in [0.25, 0.3) is 0 Å². The Morgan fingerprint density at radius 3 is 1.81 bits per heavy atom. The van der Waals surface area contributed by atoms with Crippen LogP contribution in [0, 0.1) is 5.92 Å². The number of carbonyl (C=O) groups excluding carboxylic acids is 3. The van der Waals surface area contributed by atoms with Gasteiger partial charge in [0.1, 0.15) is 0 Å². The second-order valence-electron chi connectivity index (χ2n) is 6.40. The first-order valence-corrected chi connectivity index (χ1v) is 8.07.